The molecule has 1 aromatic rings. The Bertz CT molecular complexity index is 431. The third-order valence-electron chi connectivity index (χ3n) is 3.60. The van der Waals surface area contributed by atoms with E-state index in [4.69, 9.17) is 5.73 Å². The first-order chi connectivity index (χ1) is 9.16. The van der Waals surface area contributed by atoms with E-state index in [1.165, 1.54) is 5.56 Å². The number of amides is 2. The van der Waals surface area contributed by atoms with Crippen molar-refractivity contribution in [1.29, 1.82) is 0 Å². The number of nitrogens with two attached hydrogens (primary N) is 1. The molecule has 1 aromatic heterocycles. The second-order valence-electron chi connectivity index (χ2n) is 5.06. The van der Waals surface area contributed by atoms with Crippen LogP contribution in [0.5, 0.6) is 0 Å². The Morgan fingerprint density at radius 1 is 1.53 bits per heavy atom. The molecule has 0 aliphatic carbocycles. The molecule has 104 valence electrons. The summed E-state index contributed by atoms with van der Waals surface area (Å²) in [5, 5.41) is 4.25. The minimum atomic E-state index is -0.295. The summed E-state index contributed by atoms with van der Waals surface area (Å²) in [7, 11) is 0. The SMILES string of the molecule is NC(=O)CCCN1CC(c2ccsc2)CCCC1=O. The quantitative estimate of drug-likeness (QED) is 0.898. The van der Waals surface area contributed by atoms with E-state index in [1.54, 1.807) is 11.3 Å². The van der Waals surface area contributed by atoms with Crippen LogP contribution < -0.4 is 5.73 Å². The molecule has 1 fully saturated rings. The van der Waals surface area contributed by atoms with Crippen LogP contribution in [0.15, 0.2) is 16.8 Å². The molecule has 2 amide bonds. The lowest BCUT2D eigenvalue weighted by atomic mass is 9.97. The van der Waals surface area contributed by atoms with Gasteiger partial charge in [0.25, 0.3) is 0 Å². The van der Waals surface area contributed by atoms with Crippen LogP contribution >= 0.6 is 11.3 Å². The Morgan fingerprint density at radius 2 is 2.37 bits per heavy atom. The summed E-state index contributed by atoms with van der Waals surface area (Å²) in [6, 6.07) is 2.15. The monoisotopic (exact) mass is 280 g/mol. The molecule has 19 heavy (non-hydrogen) atoms. The predicted molar refractivity (Wildman–Crippen MR) is 75.9 cm³/mol. The fourth-order valence-electron chi connectivity index (χ4n) is 2.56. The summed E-state index contributed by atoms with van der Waals surface area (Å²) >= 11 is 1.70. The molecule has 1 atom stereocenters. The summed E-state index contributed by atoms with van der Waals surface area (Å²) < 4.78 is 0. The van der Waals surface area contributed by atoms with Crippen molar-refractivity contribution in [1.82, 2.24) is 4.90 Å². The Labute approximate surface area is 117 Å². The van der Waals surface area contributed by atoms with Crippen molar-refractivity contribution in [3.05, 3.63) is 22.4 Å². The minimum absolute atomic E-state index is 0.210. The van der Waals surface area contributed by atoms with Gasteiger partial charge in [-0.25, -0.2) is 0 Å². The Hall–Kier alpha value is -1.36. The number of hydrogen-bond acceptors (Lipinski definition) is 3. The van der Waals surface area contributed by atoms with E-state index in [1.807, 2.05) is 4.90 Å². The molecule has 2 N–H and O–H groups in total. The summed E-state index contributed by atoms with van der Waals surface area (Å²) in [6.45, 7) is 1.41. The van der Waals surface area contributed by atoms with Gasteiger partial charge in [0, 0.05) is 31.8 Å². The highest BCUT2D eigenvalue weighted by Crippen LogP contribution is 2.28. The fourth-order valence-corrected chi connectivity index (χ4v) is 3.30. The van der Waals surface area contributed by atoms with E-state index < -0.39 is 0 Å². The highest BCUT2D eigenvalue weighted by Gasteiger charge is 2.24. The molecule has 2 heterocycles. The van der Waals surface area contributed by atoms with Gasteiger partial charge in [0.2, 0.25) is 11.8 Å². The van der Waals surface area contributed by atoms with Gasteiger partial charge in [0.05, 0.1) is 0 Å². The summed E-state index contributed by atoms with van der Waals surface area (Å²) in [4.78, 5) is 24.7. The molecule has 1 unspecified atom stereocenters. The molecule has 5 heteroatoms. The van der Waals surface area contributed by atoms with Gasteiger partial charge >= 0.3 is 0 Å². The predicted octanol–water partition coefficient (Wildman–Crippen LogP) is 2.11. The van der Waals surface area contributed by atoms with Crippen molar-refractivity contribution in [3.8, 4) is 0 Å². The first kappa shape index (κ1) is 14.1. The summed E-state index contributed by atoms with van der Waals surface area (Å²) in [6.07, 6.45) is 3.65. The van der Waals surface area contributed by atoms with Gasteiger partial charge in [-0.1, -0.05) is 0 Å². The summed E-state index contributed by atoms with van der Waals surface area (Å²) in [5.41, 5.74) is 6.47. The number of likely N-dealkylation sites (tertiary alicyclic amines) is 1. The molecule has 1 saturated heterocycles. The smallest absolute Gasteiger partial charge is 0.222 e. The lowest BCUT2D eigenvalue weighted by Gasteiger charge is -2.24. The zero-order chi connectivity index (χ0) is 13.7. The largest absolute Gasteiger partial charge is 0.370 e. The van der Waals surface area contributed by atoms with E-state index in [-0.39, 0.29) is 11.8 Å². The normalized spacial score (nSPS) is 20.3. The van der Waals surface area contributed by atoms with Crippen molar-refractivity contribution < 1.29 is 9.59 Å². The molecule has 1 aliphatic rings. The van der Waals surface area contributed by atoms with Crippen LogP contribution in [0.4, 0.5) is 0 Å². The zero-order valence-corrected chi connectivity index (χ0v) is 11.8. The lowest BCUT2D eigenvalue weighted by molar-refractivity contribution is -0.131. The number of thiophene rings is 1. The Kier molecular flexibility index (Phi) is 4.96. The lowest BCUT2D eigenvalue weighted by Crippen LogP contribution is -2.33. The van der Waals surface area contributed by atoms with E-state index in [2.05, 4.69) is 16.8 Å². The topological polar surface area (TPSA) is 63.4 Å². The standard InChI is InChI=1S/C14H20N2O2S/c15-13(17)4-2-7-16-9-11(3-1-5-14(16)18)12-6-8-19-10-12/h6,8,10-11H,1-5,7,9H2,(H2,15,17). The number of carbonyl (C=O) groups is 2. The van der Waals surface area contributed by atoms with Crippen molar-refractivity contribution >= 4 is 23.2 Å². The maximum absolute atomic E-state index is 12.0. The second kappa shape index (κ2) is 6.70. The van der Waals surface area contributed by atoms with Crippen LogP contribution in [0.1, 0.15) is 43.6 Å². The van der Waals surface area contributed by atoms with Crippen LogP contribution in [0.25, 0.3) is 0 Å². The van der Waals surface area contributed by atoms with Crippen molar-refractivity contribution in [2.45, 2.75) is 38.0 Å². The van der Waals surface area contributed by atoms with Crippen LogP contribution in [-0.2, 0) is 9.59 Å². The highest BCUT2D eigenvalue weighted by atomic mass is 32.1. The summed E-state index contributed by atoms with van der Waals surface area (Å²) in [5.74, 6) is 0.352. The molecule has 0 radical (unpaired) electrons. The number of hydrogen-bond donors (Lipinski definition) is 1. The van der Waals surface area contributed by atoms with E-state index in [0.29, 0.717) is 31.7 Å². The molecule has 4 nitrogen and oxygen atoms in total. The van der Waals surface area contributed by atoms with Crippen molar-refractivity contribution in [3.63, 3.8) is 0 Å². The number of carbonyl (C=O) groups excluding carboxylic acids is 2. The first-order valence-electron chi connectivity index (χ1n) is 6.75. The molecule has 1 aliphatic heterocycles. The van der Waals surface area contributed by atoms with Gasteiger partial charge in [-0.2, -0.15) is 11.3 Å². The van der Waals surface area contributed by atoms with Gasteiger partial charge in [-0.05, 0) is 41.7 Å². The Balaban J connectivity index is 1.95. The van der Waals surface area contributed by atoms with E-state index in [0.717, 1.165) is 19.4 Å². The molecular weight excluding hydrogens is 260 g/mol. The molecular formula is C14H20N2O2S. The van der Waals surface area contributed by atoms with Crippen LogP contribution in [0.2, 0.25) is 0 Å². The zero-order valence-electron chi connectivity index (χ0n) is 11.0. The maximum Gasteiger partial charge on any atom is 0.222 e. The second-order valence-corrected chi connectivity index (χ2v) is 5.84. The molecule has 0 bridgehead atoms. The van der Waals surface area contributed by atoms with Gasteiger partial charge in [0.1, 0.15) is 0 Å². The van der Waals surface area contributed by atoms with Crippen LogP contribution in [-0.4, -0.2) is 29.8 Å². The van der Waals surface area contributed by atoms with Crippen LogP contribution in [0.3, 0.4) is 0 Å². The van der Waals surface area contributed by atoms with Crippen molar-refractivity contribution in [2.24, 2.45) is 5.73 Å². The first-order valence-corrected chi connectivity index (χ1v) is 7.69. The maximum atomic E-state index is 12.0. The van der Waals surface area contributed by atoms with Crippen LogP contribution in [0, 0.1) is 0 Å². The van der Waals surface area contributed by atoms with Gasteiger partial charge in [0.15, 0.2) is 0 Å². The van der Waals surface area contributed by atoms with E-state index in [9.17, 15) is 9.59 Å². The average Bonchev–Trinajstić information content (AvgIpc) is 2.83. The van der Waals surface area contributed by atoms with Gasteiger partial charge in [-0.3, -0.25) is 9.59 Å². The number of rotatable bonds is 5. The molecule has 0 spiro atoms. The number of nitrogens with zero attached hydrogens (tertiary/aromatic N) is 1. The molecule has 0 saturated carbocycles. The highest BCUT2D eigenvalue weighted by molar-refractivity contribution is 7.07. The fraction of sp³-hybridized carbons (Fsp3) is 0.571. The average molecular weight is 280 g/mol. The molecule has 0 aromatic carbocycles. The van der Waals surface area contributed by atoms with E-state index >= 15 is 0 Å². The van der Waals surface area contributed by atoms with Gasteiger partial charge in [-0.15, -0.1) is 0 Å². The molecule has 2 rings (SSSR count). The Morgan fingerprint density at radius 3 is 3.05 bits per heavy atom. The third kappa shape index (κ3) is 4.06. The van der Waals surface area contributed by atoms with Gasteiger partial charge < -0.3 is 10.6 Å². The number of primary amides is 1. The van der Waals surface area contributed by atoms with Crippen molar-refractivity contribution in [2.75, 3.05) is 13.1 Å². The third-order valence-corrected chi connectivity index (χ3v) is 4.30. The minimum Gasteiger partial charge on any atom is -0.370 e.